The SMILES string of the molecule is FC(F)c1cccc(C[C@@H]2CN(Cc3ccccc3)CCN2)c1. The lowest BCUT2D eigenvalue weighted by molar-refractivity contribution is 0.151. The van der Waals surface area contributed by atoms with E-state index in [1.54, 1.807) is 12.1 Å². The van der Waals surface area contributed by atoms with Gasteiger partial charge in [0.2, 0.25) is 0 Å². The molecule has 4 heteroatoms. The Morgan fingerprint density at radius 2 is 1.83 bits per heavy atom. The molecule has 3 rings (SSSR count). The van der Waals surface area contributed by atoms with Crippen LogP contribution in [0, 0.1) is 0 Å². The third-order valence-corrected chi connectivity index (χ3v) is 4.27. The highest BCUT2D eigenvalue weighted by Crippen LogP contribution is 2.20. The summed E-state index contributed by atoms with van der Waals surface area (Å²) in [6.07, 6.45) is -1.62. The highest BCUT2D eigenvalue weighted by Gasteiger charge is 2.20. The van der Waals surface area contributed by atoms with E-state index >= 15 is 0 Å². The third-order valence-electron chi connectivity index (χ3n) is 4.27. The molecule has 0 saturated carbocycles. The molecule has 2 nitrogen and oxygen atoms in total. The fraction of sp³-hybridized carbons (Fsp3) is 0.368. The van der Waals surface area contributed by atoms with Crippen molar-refractivity contribution in [3.8, 4) is 0 Å². The van der Waals surface area contributed by atoms with Gasteiger partial charge in [-0.1, -0.05) is 54.6 Å². The molecule has 0 radical (unpaired) electrons. The Hall–Kier alpha value is -1.78. The van der Waals surface area contributed by atoms with Crippen molar-refractivity contribution in [3.63, 3.8) is 0 Å². The molecule has 1 saturated heterocycles. The van der Waals surface area contributed by atoms with Crippen LogP contribution in [0.3, 0.4) is 0 Å². The van der Waals surface area contributed by atoms with Gasteiger partial charge in [0.05, 0.1) is 0 Å². The summed E-state index contributed by atoms with van der Waals surface area (Å²) in [5, 5.41) is 3.50. The first-order chi connectivity index (χ1) is 11.2. The first kappa shape index (κ1) is 16.1. The maximum Gasteiger partial charge on any atom is 0.263 e. The molecule has 1 fully saturated rings. The molecule has 0 aromatic heterocycles. The molecule has 23 heavy (non-hydrogen) atoms. The van der Waals surface area contributed by atoms with Crippen LogP contribution in [0.4, 0.5) is 8.78 Å². The average Bonchev–Trinajstić information content (AvgIpc) is 2.56. The maximum atomic E-state index is 12.8. The minimum absolute atomic E-state index is 0.111. The summed E-state index contributed by atoms with van der Waals surface area (Å²) in [5.74, 6) is 0. The number of rotatable bonds is 5. The average molecular weight is 316 g/mol. The van der Waals surface area contributed by atoms with Gasteiger partial charge < -0.3 is 5.32 Å². The predicted molar refractivity (Wildman–Crippen MR) is 88.6 cm³/mol. The number of nitrogens with one attached hydrogen (secondary N) is 1. The Bertz CT molecular complexity index is 616. The van der Waals surface area contributed by atoms with Gasteiger partial charge in [0.1, 0.15) is 0 Å². The molecule has 2 aromatic rings. The van der Waals surface area contributed by atoms with Crippen LogP contribution in [0.1, 0.15) is 23.1 Å². The van der Waals surface area contributed by atoms with Crippen LogP contribution in [-0.4, -0.2) is 30.6 Å². The number of alkyl halides is 2. The summed E-state index contributed by atoms with van der Waals surface area (Å²) in [4.78, 5) is 2.42. The molecule has 0 amide bonds. The van der Waals surface area contributed by atoms with Crippen molar-refractivity contribution in [2.45, 2.75) is 25.4 Å². The van der Waals surface area contributed by atoms with Crippen LogP contribution in [0.2, 0.25) is 0 Å². The van der Waals surface area contributed by atoms with Crippen molar-refractivity contribution in [1.82, 2.24) is 10.2 Å². The molecule has 1 heterocycles. The van der Waals surface area contributed by atoms with Gasteiger partial charge in [-0.05, 0) is 17.5 Å². The number of hydrogen-bond donors (Lipinski definition) is 1. The zero-order valence-corrected chi connectivity index (χ0v) is 13.1. The van der Waals surface area contributed by atoms with Gasteiger partial charge in [-0.25, -0.2) is 8.78 Å². The van der Waals surface area contributed by atoms with Gasteiger partial charge in [-0.2, -0.15) is 0 Å². The van der Waals surface area contributed by atoms with Crippen molar-refractivity contribution in [3.05, 3.63) is 71.3 Å². The summed E-state index contributed by atoms with van der Waals surface area (Å²) < 4.78 is 25.6. The van der Waals surface area contributed by atoms with Gasteiger partial charge in [0, 0.05) is 37.8 Å². The number of nitrogens with zero attached hydrogens (tertiary/aromatic N) is 1. The predicted octanol–water partition coefficient (Wildman–Crippen LogP) is 3.64. The van der Waals surface area contributed by atoms with Crippen molar-refractivity contribution >= 4 is 0 Å². The maximum absolute atomic E-state index is 12.8. The summed E-state index contributed by atoms with van der Waals surface area (Å²) in [7, 11) is 0. The van der Waals surface area contributed by atoms with Crippen LogP contribution < -0.4 is 5.32 Å². The highest BCUT2D eigenvalue weighted by molar-refractivity contribution is 5.25. The normalized spacial score (nSPS) is 19.2. The highest BCUT2D eigenvalue weighted by atomic mass is 19.3. The summed E-state index contributed by atoms with van der Waals surface area (Å²) in [6, 6.07) is 17.5. The third kappa shape index (κ3) is 4.60. The molecule has 1 aliphatic heterocycles. The molecule has 0 spiro atoms. The van der Waals surface area contributed by atoms with E-state index in [1.165, 1.54) is 11.6 Å². The first-order valence-corrected chi connectivity index (χ1v) is 8.07. The molecular formula is C19H22F2N2. The molecule has 1 aliphatic rings. The standard InChI is InChI=1S/C19H22F2N2/c20-19(21)17-8-4-7-16(11-17)12-18-14-23(10-9-22-18)13-15-5-2-1-3-6-15/h1-8,11,18-19,22H,9-10,12-14H2/t18-/m1/s1. The monoisotopic (exact) mass is 316 g/mol. The topological polar surface area (TPSA) is 15.3 Å². The van der Waals surface area contributed by atoms with E-state index in [9.17, 15) is 8.78 Å². The molecule has 0 unspecified atom stereocenters. The lowest BCUT2D eigenvalue weighted by atomic mass is 10.0. The van der Waals surface area contributed by atoms with E-state index in [4.69, 9.17) is 0 Å². The number of piperazine rings is 1. The molecule has 122 valence electrons. The molecule has 1 N–H and O–H groups in total. The fourth-order valence-corrected chi connectivity index (χ4v) is 3.16. The van der Waals surface area contributed by atoms with E-state index in [0.29, 0.717) is 6.04 Å². The summed E-state index contributed by atoms with van der Waals surface area (Å²) >= 11 is 0. The van der Waals surface area contributed by atoms with E-state index < -0.39 is 6.43 Å². The van der Waals surface area contributed by atoms with E-state index in [1.807, 2.05) is 12.1 Å². The largest absolute Gasteiger partial charge is 0.311 e. The Morgan fingerprint density at radius 1 is 1.04 bits per heavy atom. The number of hydrogen-bond acceptors (Lipinski definition) is 2. The Morgan fingerprint density at radius 3 is 2.61 bits per heavy atom. The van der Waals surface area contributed by atoms with E-state index in [2.05, 4.69) is 34.5 Å². The van der Waals surface area contributed by atoms with Crippen LogP contribution in [0.25, 0.3) is 0 Å². The van der Waals surface area contributed by atoms with Crippen LogP contribution in [-0.2, 0) is 13.0 Å². The Balaban J connectivity index is 1.59. The quantitative estimate of drug-likeness (QED) is 0.906. The zero-order chi connectivity index (χ0) is 16.1. The second-order valence-electron chi connectivity index (χ2n) is 6.12. The molecule has 2 aromatic carbocycles. The van der Waals surface area contributed by atoms with E-state index in [-0.39, 0.29) is 5.56 Å². The van der Waals surface area contributed by atoms with Crippen molar-refractivity contribution in [1.29, 1.82) is 0 Å². The van der Waals surface area contributed by atoms with Gasteiger partial charge in [-0.3, -0.25) is 4.90 Å². The summed E-state index contributed by atoms with van der Waals surface area (Å²) in [5.41, 5.74) is 2.40. The lowest BCUT2D eigenvalue weighted by Gasteiger charge is -2.34. The lowest BCUT2D eigenvalue weighted by Crippen LogP contribution is -2.51. The van der Waals surface area contributed by atoms with Gasteiger partial charge in [0.25, 0.3) is 6.43 Å². The van der Waals surface area contributed by atoms with Gasteiger partial charge >= 0.3 is 0 Å². The van der Waals surface area contributed by atoms with Gasteiger partial charge in [-0.15, -0.1) is 0 Å². The van der Waals surface area contributed by atoms with Crippen molar-refractivity contribution < 1.29 is 8.78 Å². The minimum atomic E-state index is -2.40. The molecule has 0 aliphatic carbocycles. The second-order valence-corrected chi connectivity index (χ2v) is 6.12. The fourth-order valence-electron chi connectivity index (χ4n) is 3.16. The first-order valence-electron chi connectivity index (χ1n) is 8.07. The smallest absolute Gasteiger partial charge is 0.263 e. The number of halogens is 2. The van der Waals surface area contributed by atoms with Crippen LogP contribution in [0.15, 0.2) is 54.6 Å². The van der Waals surface area contributed by atoms with Crippen LogP contribution in [0.5, 0.6) is 0 Å². The van der Waals surface area contributed by atoms with Crippen LogP contribution >= 0.6 is 0 Å². The Kier molecular flexibility index (Phi) is 5.36. The zero-order valence-electron chi connectivity index (χ0n) is 13.1. The molecule has 1 atom stereocenters. The Labute approximate surface area is 136 Å². The minimum Gasteiger partial charge on any atom is -0.311 e. The van der Waals surface area contributed by atoms with Crippen molar-refractivity contribution in [2.24, 2.45) is 0 Å². The van der Waals surface area contributed by atoms with E-state index in [0.717, 1.165) is 38.2 Å². The molecule has 0 bridgehead atoms. The number of benzene rings is 2. The second kappa shape index (κ2) is 7.66. The van der Waals surface area contributed by atoms with Gasteiger partial charge in [0.15, 0.2) is 0 Å². The summed E-state index contributed by atoms with van der Waals surface area (Å²) in [6.45, 7) is 3.83. The van der Waals surface area contributed by atoms with Crippen molar-refractivity contribution in [2.75, 3.05) is 19.6 Å². The molecular weight excluding hydrogens is 294 g/mol.